The summed E-state index contributed by atoms with van der Waals surface area (Å²) in [6.45, 7) is 6.36. The van der Waals surface area contributed by atoms with Gasteiger partial charge < -0.3 is 5.32 Å². The summed E-state index contributed by atoms with van der Waals surface area (Å²) in [5.41, 5.74) is 0. The molecule has 0 aromatic carbocycles. The molecule has 110 valence electrons. The molecule has 18 heavy (non-hydrogen) atoms. The third kappa shape index (κ3) is 11.3. The molecule has 0 aromatic heterocycles. The van der Waals surface area contributed by atoms with Crippen molar-refractivity contribution in [2.45, 2.75) is 71.4 Å². The Kier molecular flexibility index (Phi) is 10.2. The molecule has 2 unspecified atom stereocenters. The summed E-state index contributed by atoms with van der Waals surface area (Å²) < 4.78 is 30.3. The zero-order valence-electron chi connectivity index (χ0n) is 11.7. The van der Waals surface area contributed by atoms with E-state index in [1.165, 1.54) is 19.3 Å². The summed E-state index contributed by atoms with van der Waals surface area (Å²) in [6, 6.07) is 0.534. The van der Waals surface area contributed by atoms with Crippen molar-refractivity contribution in [3.8, 4) is 0 Å². The summed E-state index contributed by atoms with van der Waals surface area (Å²) in [6.07, 6.45) is 6.69. The van der Waals surface area contributed by atoms with E-state index in [1.807, 2.05) is 0 Å². The van der Waals surface area contributed by atoms with Crippen LogP contribution in [0.15, 0.2) is 0 Å². The topological polar surface area (TPSA) is 66.4 Å². The van der Waals surface area contributed by atoms with Crippen LogP contribution in [0.5, 0.6) is 0 Å². The Hall–Kier alpha value is 0.220. The van der Waals surface area contributed by atoms with Gasteiger partial charge in [0.1, 0.15) is 0 Å². The largest absolute Gasteiger partial charge is 0.319 e. The Morgan fingerprint density at radius 3 is 2.39 bits per heavy atom. The van der Waals surface area contributed by atoms with Crippen LogP contribution in [0, 0.1) is 0 Å². The van der Waals surface area contributed by atoms with Gasteiger partial charge in [-0.2, -0.15) is 8.42 Å². The molecular weight excluding hydrogens is 270 g/mol. The maximum absolute atomic E-state index is 10.8. The number of rotatable bonds is 11. The van der Waals surface area contributed by atoms with Gasteiger partial charge >= 0.3 is 9.15 Å². The lowest BCUT2D eigenvalue weighted by Crippen LogP contribution is -2.38. The smallest absolute Gasteiger partial charge is 0.311 e. The van der Waals surface area contributed by atoms with Crippen molar-refractivity contribution in [2.24, 2.45) is 0 Å². The first-order chi connectivity index (χ1) is 8.39. The van der Waals surface area contributed by atoms with Crippen molar-refractivity contribution in [1.29, 1.82) is 0 Å². The Labute approximate surface area is 115 Å². The Balaban J connectivity index is 4.07. The highest BCUT2D eigenvalue weighted by Gasteiger charge is 2.15. The first kappa shape index (κ1) is 18.2. The zero-order valence-corrected chi connectivity index (χ0v) is 13.3. The van der Waals surface area contributed by atoms with E-state index in [1.54, 1.807) is 0 Å². The summed E-state index contributed by atoms with van der Waals surface area (Å²) in [5.74, 6) is 0.412. The summed E-state index contributed by atoms with van der Waals surface area (Å²) in [7, 11) is -3.30. The van der Waals surface area contributed by atoms with E-state index >= 15 is 0 Å². The highest BCUT2D eigenvalue weighted by atomic mass is 33.1. The van der Waals surface area contributed by atoms with E-state index in [0.717, 1.165) is 19.3 Å². The standard InChI is InChI=1S/C12H27NO3S2/c1-4-6-7-8-9-12(13-11(3)5-2)10-17-18(14,15)16/h11-13H,4-10H2,1-3H3,(H,14,15,16). The SMILES string of the molecule is CCCCCCC(CSS(=O)(=O)O)NC(C)CC. The van der Waals surface area contributed by atoms with Crippen LogP contribution in [0.4, 0.5) is 0 Å². The predicted octanol–water partition coefficient (Wildman–Crippen LogP) is 3.25. The average molecular weight is 297 g/mol. The maximum atomic E-state index is 10.8. The summed E-state index contributed by atoms with van der Waals surface area (Å²) >= 11 is 0. The second kappa shape index (κ2) is 10.1. The molecule has 0 bridgehead atoms. The van der Waals surface area contributed by atoms with Gasteiger partial charge in [0.25, 0.3) is 0 Å². The fourth-order valence-corrected chi connectivity index (χ4v) is 3.33. The van der Waals surface area contributed by atoms with Crippen LogP contribution >= 0.6 is 10.8 Å². The second-order valence-electron chi connectivity index (χ2n) is 4.73. The quantitative estimate of drug-likeness (QED) is 0.348. The summed E-state index contributed by atoms with van der Waals surface area (Å²) in [5, 5.41) is 3.42. The third-order valence-electron chi connectivity index (χ3n) is 2.96. The van der Waals surface area contributed by atoms with E-state index in [-0.39, 0.29) is 6.04 Å². The molecule has 0 aromatic rings. The van der Waals surface area contributed by atoms with Crippen LogP contribution in [0.2, 0.25) is 0 Å². The number of hydrogen-bond donors (Lipinski definition) is 2. The molecule has 0 aliphatic heterocycles. The minimum atomic E-state index is -3.92. The van der Waals surface area contributed by atoms with E-state index < -0.39 is 9.15 Å². The van der Waals surface area contributed by atoms with Gasteiger partial charge in [0, 0.05) is 17.8 Å². The van der Waals surface area contributed by atoms with Crippen LogP contribution in [-0.4, -0.2) is 30.8 Å². The Bertz CT molecular complexity index is 294. The Morgan fingerprint density at radius 1 is 1.22 bits per heavy atom. The first-order valence-electron chi connectivity index (χ1n) is 6.76. The van der Waals surface area contributed by atoms with Crippen LogP contribution < -0.4 is 5.32 Å². The molecule has 0 amide bonds. The fourth-order valence-electron chi connectivity index (χ4n) is 1.72. The van der Waals surface area contributed by atoms with Gasteiger partial charge in [0.05, 0.1) is 0 Å². The zero-order chi connectivity index (χ0) is 14.0. The van der Waals surface area contributed by atoms with Crippen molar-refractivity contribution >= 4 is 19.9 Å². The van der Waals surface area contributed by atoms with Gasteiger partial charge in [-0.15, -0.1) is 0 Å². The predicted molar refractivity (Wildman–Crippen MR) is 79.4 cm³/mol. The molecule has 0 saturated heterocycles. The van der Waals surface area contributed by atoms with Crippen LogP contribution in [0.3, 0.4) is 0 Å². The van der Waals surface area contributed by atoms with Gasteiger partial charge in [0.15, 0.2) is 0 Å². The van der Waals surface area contributed by atoms with Crippen LogP contribution in [0.25, 0.3) is 0 Å². The van der Waals surface area contributed by atoms with Crippen molar-refractivity contribution in [2.75, 3.05) is 5.75 Å². The molecule has 0 heterocycles. The lowest BCUT2D eigenvalue weighted by molar-refractivity contribution is 0.427. The minimum Gasteiger partial charge on any atom is -0.311 e. The monoisotopic (exact) mass is 297 g/mol. The molecule has 0 rings (SSSR count). The van der Waals surface area contributed by atoms with E-state index in [4.69, 9.17) is 4.55 Å². The molecule has 0 aliphatic rings. The third-order valence-corrected chi connectivity index (χ3v) is 5.10. The molecule has 6 heteroatoms. The van der Waals surface area contributed by atoms with Crippen molar-refractivity contribution in [3.63, 3.8) is 0 Å². The van der Waals surface area contributed by atoms with Gasteiger partial charge in [-0.3, -0.25) is 4.55 Å². The normalized spacial score (nSPS) is 15.6. The maximum Gasteiger partial charge on any atom is 0.319 e. The Morgan fingerprint density at radius 2 is 1.89 bits per heavy atom. The minimum absolute atomic E-state index is 0.156. The van der Waals surface area contributed by atoms with E-state index in [2.05, 4.69) is 26.1 Å². The lowest BCUT2D eigenvalue weighted by atomic mass is 10.1. The van der Waals surface area contributed by atoms with Crippen molar-refractivity contribution < 1.29 is 13.0 Å². The molecule has 0 radical (unpaired) electrons. The lowest BCUT2D eigenvalue weighted by Gasteiger charge is -2.21. The number of nitrogens with one attached hydrogen (secondary N) is 1. The molecule has 0 fully saturated rings. The van der Waals surface area contributed by atoms with Gasteiger partial charge in [-0.25, -0.2) is 0 Å². The molecule has 0 saturated carbocycles. The van der Waals surface area contributed by atoms with Gasteiger partial charge in [0.2, 0.25) is 0 Å². The van der Waals surface area contributed by atoms with Crippen LogP contribution in [0.1, 0.15) is 59.3 Å². The fraction of sp³-hybridized carbons (Fsp3) is 1.00. The van der Waals surface area contributed by atoms with E-state index in [9.17, 15) is 8.42 Å². The van der Waals surface area contributed by atoms with Gasteiger partial charge in [-0.05, 0) is 30.6 Å². The van der Waals surface area contributed by atoms with E-state index in [0.29, 0.717) is 22.6 Å². The van der Waals surface area contributed by atoms with Crippen LogP contribution in [-0.2, 0) is 9.15 Å². The molecule has 0 spiro atoms. The second-order valence-corrected chi connectivity index (χ2v) is 8.13. The molecule has 0 aliphatic carbocycles. The van der Waals surface area contributed by atoms with Gasteiger partial charge in [-0.1, -0.05) is 39.5 Å². The molecule has 2 atom stereocenters. The highest BCUT2D eigenvalue weighted by molar-refractivity contribution is 8.69. The molecule has 2 N–H and O–H groups in total. The summed E-state index contributed by atoms with van der Waals surface area (Å²) in [4.78, 5) is 0. The average Bonchev–Trinajstić information content (AvgIpc) is 2.29. The van der Waals surface area contributed by atoms with Crippen molar-refractivity contribution in [3.05, 3.63) is 0 Å². The molecule has 4 nitrogen and oxygen atoms in total. The number of unbranched alkanes of at least 4 members (excludes halogenated alkanes) is 3. The highest BCUT2D eigenvalue weighted by Crippen LogP contribution is 2.15. The van der Waals surface area contributed by atoms with Crippen molar-refractivity contribution in [1.82, 2.24) is 5.32 Å². The number of hydrogen-bond acceptors (Lipinski definition) is 4. The molecular formula is C12H27NO3S2. The first-order valence-corrected chi connectivity index (χ1v) is 9.71.